The molecule has 2 aromatic heterocycles. The van der Waals surface area contributed by atoms with Crippen LogP contribution in [0.5, 0.6) is 0 Å². The second-order valence-corrected chi connectivity index (χ2v) is 6.77. The summed E-state index contributed by atoms with van der Waals surface area (Å²) < 4.78 is 1.76. The summed E-state index contributed by atoms with van der Waals surface area (Å²) in [7, 11) is 0. The average molecular weight is 340 g/mol. The Hall–Kier alpha value is -2.44. The van der Waals surface area contributed by atoms with Gasteiger partial charge < -0.3 is 10.2 Å². The van der Waals surface area contributed by atoms with Crippen LogP contribution in [-0.4, -0.2) is 49.7 Å². The number of rotatable bonds is 4. The quantitative estimate of drug-likeness (QED) is 0.920. The van der Waals surface area contributed by atoms with Gasteiger partial charge in [-0.1, -0.05) is 0 Å². The van der Waals surface area contributed by atoms with Crippen LogP contribution in [0.1, 0.15) is 47.9 Å². The highest BCUT2D eigenvalue weighted by Gasteiger charge is 2.27. The topological polar surface area (TPSA) is 75.9 Å². The third kappa shape index (κ3) is 3.10. The molecule has 7 heteroatoms. The molecule has 2 aliphatic rings. The van der Waals surface area contributed by atoms with Crippen LogP contribution in [0.3, 0.4) is 0 Å². The number of anilines is 1. The Morgan fingerprint density at radius 1 is 1.32 bits per heavy atom. The Labute approximate surface area is 147 Å². The Kier molecular flexibility index (Phi) is 4.38. The summed E-state index contributed by atoms with van der Waals surface area (Å²) in [6.07, 6.45) is 8.64. The zero-order valence-corrected chi connectivity index (χ0v) is 14.6. The molecule has 0 unspecified atom stereocenters. The number of piperidine rings is 1. The van der Waals surface area contributed by atoms with E-state index in [0.29, 0.717) is 18.8 Å². The zero-order valence-electron chi connectivity index (χ0n) is 14.6. The molecule has 1 atom stereocenters. The molecular weight excluding hydrogens is 316 g/mol. The minimum atomic E-state index is 0.0683. The van der Waals surface area contributed by atoms with E-state index in [1.54, 1.807) is 23.3 Å². The van der Waals surface area contributed by atoms with Gasteiger partial charge in [0.05, 0.1) is 0 Å². The molecule has 1 amide bonds. The molecule has 4 rings (SSSR count). The Bertz CT molecular complexity index is 771. The summed E-state index contributed by atoms with van der Waals surface area (Å²) in [6, 6.07) is 2.04. The molecule has 1 aliphatic heterocycles. The molecule has 1 aliphatic carbocycles. The average Bonchev–Trinajstić information content (AvgIpc) is 3.30. The Balaban J connectivity index is 1.47. The van der Waals surface area contributed by atoms with Gasteiger partial charge in [0.15, 0.2) is 0 Å². The lowest BCUT2D eigenvalue weighted by Gasteiger charge is -2.33. The number of hydrogen-bond donors (Lipinski definition) is 1. The third-order valence-electron chi connectivity index (χ3n) is 5.16. The molecule has 132 valence electrons. The second-order valence-electron chi connectivity index (χ2n) is 6.77. The van der Waals surface area contributed by atoms with Crippen LogP contribution in [0.25, 0.3) is 0 Å². The molecule has 1 saturated heterocycles. The van der Waals surface area contributed by atoms with Crippen molar-refractivity contribution >= 4 is 11.7 Å². The minimum absolute atomic E-state index is 0.0683. The number of carbonyl (C=O) groups is 1. The maximum Gasteiger partial charge on any atom is 0.272 e. The van der Waals surface area contributed by atoms with Crippen molar-refractivity contribution in [2.45, 2.75) is 51.6 Å². The molecule has 2 aromatic rings. The van der Waals surface area contributed by atoms with Crippen LogP contribution in [0, 0.1) is 0 Å². The number of aromatic nitrogens is 4. The van der Waals surface area contributed by atoms with Crippen LogP contribution in [-0.2, 0) is 19.4 Å². The van der Waals surface area contributed by atoms with Crippen molar-refractivity contribution in [3.05, 3.63) is 35.5 Å². The summed E-state index contributed by atoms with van der Waals surface area (Å²) in [4.78, 5) is 23.6. The molecule has 0 saturated carbocycles. The van der Waals surface area contributed by atoms with Crippen LogP contribution in [0.4, 0.5) is 5.82 Å². The van der Waals surface area contributed by atoms with Gasteiger partial charge in [-0.15, -0.1) is 0 Å². The highest BCUT2D eigenvalue weighted by molar-refractivity contribution is 5.92. The largest absolute Gasteiger partial charge is 0.365 e. The molecule has 3 heterocycles. The van der Waals surface area contributed by atoms with E-state index in [1.165, 1.54) is 11.3 Å². The molecule has 0 bridgehead atoms. The second kappa shape index (κ2) is 6.82. The van der Waals surface area contributed by atoms with Gasteiger partial charge in [0.2, 0.25) is 0 Å². The molecule has 0 aromatic carbocycles. The van der Waals surface area contributed by atoms with Gasteiger partial charge in [-0.25, -0.2) is 9.97 Å². The van der Waals surface area contributed by atoms with Crippen molar-refractivity contribution < 1.29 is 4.79 Å². The van der Waals surface area contributed by atoms with Crippen molar-refractivity contribution in [1.82, 2.24) is 24.6 Å². The predicted molar refractivity (Wildman–Crippen MR) is 94.5 cm³/mol. The van der Waals surface area contributed by atoms with Gasteiger partial charge in [0, 0.05) is 43.1 Å². The maximum atomic E-state index is 12.8. The lowest BCUT2D eigenvalue weighted by Crippen LogP contribution is -2.45. The highest BCUT2D eigenvalue weighted by Crippen LogP contribution is 2.26. The Morgan fingerprint density at radius 3 is 3.12 bits per heavy atom. The van der Waals surface area contributed by atoms with Gasteiger partial charge in [0.25, 0.3) is 5.91 Å². The van der Waals surface area contributed by atoms with E-state index in [9.17, 15) is 4.79 Å². The number of amides is 1. The van der Waals surface area contributed by atoms with E-state index in [1.807, 2.05) is 11.8 Å². The van der Waals surface area contributed by atoms with Gasteiger partial charge in [-0.05, 0) is 45.1 Å². The zero-order chi connectivity index (χ0) is 17.2. The van der Waals surface area contributed by atoms with E-state index >= 15 is 0 Å². The fraction of sp³-hybridized carbons (Fsp3) is 0.556. The predicted octanol–water partition coefficient (Wildman–Crippen LogP) is 1.90. The summed E-state index contributed by atoms with van der Waals surface area (Å²) in [5.74, 6) is 1.03. The van der Waals surface area contributed by atoms with Crippen molar-refractivity contribution in [1.29, 1.82) is 0 Å². The number of nitrogens with one attached hydrogen (secondary N) is 1. The fourth-order valence-electron chi connectivity index (χ4n) is 3.89. The maximum absolute atomic E-state index is 12.8. The SMILES string of the molecule is CCn1nccc1C(=O)N1CCC[C@H](Nc2ncnc3c2CCC3)C1. The van der Waals surface area contributed by atoms with Gasteiger partial charge >= 0.3 is 0 Å². The normalized spacial score (nSPS) is 19.7. The summed E-state index contributed by atoms with van der Waals surface area (Å²) in [6.45, 7) is 4.21. The molecule has 25 heavy (non-hydrogen) atoms. The van der Waals surface area contributed by atoms with Gasteiger partial charge in [0.1, 0.15) is 17.8 Å². The lowest BCUT2D eigenvalue weighted by molar-refractivity contribution is 0.0702. The summed E-state index contributed by atoms with van der Waals surface area (Å²) >= 11 is 0. The molecule has 7 nitrogen and oxygen atoms in total. The van der Waals surface area contributed by atoms with Crippen LogP contribution in [0.15, 0.2) is 18.6 Å². The molecule has 1 fully saturated rings. The smallest absolute Gasteiger partial charge is 0.272 e. The number of aryl methyl sites for hydroxylation is 2. The van der Waals surface area contributed by atoms with Crippen LogP contribution in [0.2, 0.25) is 0 Å². The van der Waals surface area contributed by atoms with Crippen molar-refractivity contribution in [3.8, 4) is 0 Å². The van der Waals surface area contributed by atoms with E-state index in [-0.39, 0.29) is 11.9 Å². The van der Waals surface area contributed by atoms with Crippen molar-refractivity contribution in [3.63, 3.8) is 0 Å². The number of hydrogen-bond acceptors (Lipinski definition) is 5. The van der Waals surface area contributed by atoms with Gasteiger partial charge in [-0.3, -0.25) is 9.48 Å². The number of likely N-dealkylation sites (tertiary alicyclic amines) is 1. The van der Waals surface area contributed by atoms with E-state index in [0.717, 1.165) is 44.5 Å². The van der Waals surface area contributed by atoms with Crippen molar-refractivity contribution in [2.75, 3.05) is 18.4 Å². The van der Waals surface area contributed by atoms with E-state index < -0.39 is 0 Å². The van der Waals surface area contributed by atoms with Crippen LogP contribution >= 0.6 is 0 Å². The highest BCUT2D eigenvalue weighted by atomic mass is 16.2. The first-order valence-corrected chi connectivity index (χ1v) is 9.16. The number of fused-ring (bicyclic) bond motifs is 1. The fourth-order valence-corrected chi connectivity index (χ4v) is 3.89. The van der Waals surface area contributed by atoms with E-state index in [2.05, 4.69) is 20.4 Å². The molecule has 0 spiro atoms. The minimum Gasteiger partial charge on any atom is -0.365 e. The molecular formula is C18H24N6O. The first-order chi connectivity index (χ1) is 12.3. The summed E-state index contributed by atoms with van der Waals surface area (Å²) in [5.41, 5.74) is 3.11. The first-order valence-electron chi connectivity index (χ1n) is 9.16. The van der Waals surface area contributed by atoms with Gasteiger partial charge in [-0.2, -0.15) is 5.10 Å². The van der Waals surface area contributed by atoms with Crippen molar-refractivity contribution in [2.24, 2.45) is 0 Å². The Morgan fingerprint density at radius 2 is 2.24 bits per heavy atom. The third-order valence-corrected chi connectivity index (χ3v) is 5.16. The van der Waals surface area contributed by atoms with Crippen LogP contribution < -0.4 is 5.32 Å². The monoisotopic (exact) mass is 340 g/mol. The number of carbonyl (C=O) groups excluding carboxylic acids is 1. The van der Waals surface area contributed by atoms with E-state index in [4.69, 9.17) is 0 Å². The first kappa shape index (κ1) is 16.1. The molecule has 1 N–H and O–H groups in total. The number of nitrogens with zero attached hydrogens (tertiary/aromatic N) is 5. The lowest BCUT2D eigenvalue weighted by atomic mass is 10.0. The molecule has 0 radical (unpaired) electrons. The standard InChI is InChI=1S/C18H24N6O/c1-2-24-16(8-9-21-24)18(25)23-10-4-5-13(11-23)22-17-14-6-3-7-15(14)19-12-20-17/h8-9,12-13H,2-7,10-11H2,1H3,(H,19,20,22)/t13-/m0/s1. The summed E-state index contributed by atoms with van der Waals surface area (Å²) in [5, 5.41) is 7.79.